The number of amidine groups is 1. The van der Waals surface area contributed by atoms with Crippen molar-refractivity contribution in [1.82, 2.24) is 4.98 Å². The topological polar surface area (TPSA) is 293 Å². The standard InChI is InChI=1S/C12H15BrN3O2.5C5H2F6O2.Cu.Dy.H2O/c1-11(2)12(3,4)16(18)10(15(11)17)8-5-9(13)7-14-6-8;5*6-4(7,8)2(12)1-3(13)5(9,10)11;;;/h5-7H,1-4H3;5*1,12H;;;1H2/q+1;;;;;;+2;;/p-4/b;5*2-1-;;;. The zero-order valence-electron chi connectivity index (χ0n) is 40.3. The SMILES string of the molecule is CC1(C)[N+](=O)C(c2cncc(Br)c2)=[N+]([O-])C1(C)C.O=C(/C=C(\[O-])C(F)(F)F)C(F)(F)F.O=C(/C=C(\[O-])C(F)(F)F)C(F)(F)F.O=C(/C=C(\[O-])C(F)(F)F)C(F)(F)F.O=C(/C=C(\[O-])C(F)(F)F)C(F)(F)F.O=C(/C=C(\[O-])C(F)(F)F)C(F)(F)F.[Cu+2].[Dy].[OH3+]. The molecule has 0 amide bonds. The molecule has 503 valence electrons. The number of hydrogen-bond acceptors (Lipinski definition) is 13. The molecule has 16 nitrogen and oxygen atoms in total. The molecule has 0 fully saturated rings. The van der Waals surface area contributed by atoms with Crippen molar-refractivity contribution in [2.24, 2.45) is 0 Å². The number of hydrogen-bond donors (Lipinski definition) is 0. The molecule has 1 aromatic rings. The maximum absolute atomic E-state index is 12.4. The summed E-state index contributed by atoms with van der Waals surface area (Å²) in [4.78, 5) is 65.5. The Bertz CT molecular complexity index is 2390. The Morgan fingerprint density at radius 2 is 0.605 bits per heavy atom. The van der Waals surface area contributed by atoms with Crippen LogP contribution in [0, 0.1) is 48.3 Å². The van der Waals surface area contributed by atoms with Crippen LogP contribution in [0.3, 0.4) is 0 Å². The van der Waals surface area contributed by atoms with Crippen LogP contribution >= 0.6 is 15.9 Å². The van der Waals surface area contributed by atoms with Crippen molar-refractivity contribution in [3.63, 3.8) is 0 Å². The van der Waals surface area contributed by atoms with Crippen LogP contribution in [-0.2, 0) is 46.5 Å². The molecule has 1 aromatic heterocycles. The van der Waals surface area contributed by atoms with Crippen molar-refractivity contribution in [3.8, 4) is 0 Å². The van der Waals surface area contributed by atoms with Gasteiger partial charge in [-0.3, -0.25) is 29.0 Å². The number of carbonyl (C=O) groups excluding carboxylic acids is 5. The van der Waals surface area contributed by atoms with Crippen LogP contribution in [0.25, 0.3) is 0 Å². The smallest absolute Gasteiger partial charge is 0.869 e. The van der Waals surface area contributed by atoms with E-state index in [4.69, 9.17) is 0 Å². The number of carbonyl (C=O) groups is 5. The van der Waals surface area contributed by atoms with E-state index in [1.54, 1.807) is 40.0 Å². The number of ketones is 5. The van der Waals surface area contributed by atoms with Gasteiger partial charge in [0.05, 0.1) is 0 Å². The van der Waals surface area contributed by atoms with Gasteiger partial charge < -0.3 is 36.2 Å². The Labute approximate surface area is 503 Å². The van der Waals surface area contributed by atoms with Crippen LogP contribution in [0.1, 0.15) is 33.3 Å². The van der Waals surface area contributed by atoms with E-state index >= 15 is 0 Å². The second-order valence-corrected chi connectivity index (χ2v) is 15.7. The van der Waals surface area contributed by atoms with Gasteiger partial charge in [-0.25, -0.2) is 0 Å². The zero-order valence-corrected chi connectivity index (χ0v) is 44.8. The van der Waals surface area contributed by atoms with Crippen molar-refractivity contribution in [2.75, 3.05) is 0 Å². The Morgan fingerprint density at radius 1 is 0.419 bits per heavy atom. The molecule has 3 N–H and O–H groups in total. The van der Waals surface area contributed by atoms with Gasteiger partial charge in [0.1, 0.15) is 10.3 Å². The van der Waals surface area contributed by atoms with Crippen molar-refractivity contribution in [3.05, 3.63) is 97.8 Å². The summed E-state index contributed by atoms with van der Waals surface area (Å²) in [5.41, 5.74) is -1.08. The first-order chi connectivity index (χ1) is 35.9. The molecule has 49 heteroatoms. The number of hydroxylamine groups is 1. The Morgan fingerprint density at radius 3 is 0.733 bits per heavy atom. The monoisotopic (exact) mass is 1590 g/mol. The summed E-state index contributed by atoms with van der Waals surface area (Å²) in [5, 5.41) is 61.5. The fourth-order valence-electron chi connectivity index (χ4n) is 3.29. The number of alkyl halides is 30. The van der Waals surface area contributed by atoms with Crippen LogP contribution in [0.5, 0.6) is 0 Å². The van der Waals surface area contributed by atoms with E-state index in [1.165, 1.54) is 6.20 Å². The first-order valence-corrected chi connectivity index (χ1v) is 19.5. The van der Waals surface area contributed by atoms with Gasteiger partial charge in [0.15, 0.2) is 0 Å². The van der Waals surface area contributed by atoms with Crippen molar-refractivity contribution in [2.45, 2.75) is 101 Å². The number of aromatic nitrogens is 1. The molecule has 0 saturated carbocycles. The average Bonchev–Trinajstić information content (AvgIpc) is 3.35. The van der Waals surface area contributed by atoms with E-state index < -0.39 is 161 Å². The van der Waals surface area contributed by atoms with Gasteiger partial charge in [-0.05, 0) is 81.2 Å². The molecular weight excluding hydrogens is 1570 g/mol. The van der Waals surface area contributed by atoms with Crippen molar-refractivity contribution in [1.29, 1.82) is 0 Å². The number of nitroso groups, excluding NO2 is 1. The first-order valence-electron chi connectivity index (χ1n) is 18.7. The maximum Gasteiger partial charge on any atom is 2.00 e. The van der Waals surface area contributed by atoms with Gasteiger partial charge in [0, 0.05) is 87.6 Å². The second-order valence-electron chi connectivity index (χ2n) is 14.8. The molecule has 0 atom stereocenters. The third kappa shape index (κ3) is 34.1. The minimum atomic E-state index is -5.46. The summed E-state index contributed by atoms with van der Waals surface area (Å²) < 4.78 is 341. The summed E-state index contributed by atoms with van der Waals surface area (Å²) in [6.45, 7) is 7.07. The van der Waals surface area contributed by atoms with Crippen LogP contribution in [0.15, 0.2) is 82.1 Å². The first kappa shape index (κ1) is 94.1. The van der Waals surface area contributed by atoms with Crippen molar-refractivity contribution < 1.29 is 251 Å². The maximum atomic E-state index is 12.4. The molecular formula is C37H23BrCuDyF30N3O13-. The quantitative estimate of drug-likeness (QED) is 0.0588. The summed E-state index contributed by atoms with van der Waals surface area (Å²) in [7, 11) is 0. The molecule has 2 heterocycles. The Kier molecular flexibility index (Phi) is 36.8. The van der Waals surface area contributed by atoms with Gasteiger partial charge in [-0.2, -0.15) is 132 Å². The van der Waals surface area contributed by atoms with E-state index in [9.17, 15) is 191 Å². The predicted molar refractivity (Wildman–Crippen MR) is 202 cm³/mol. The third-order valence-corrected chi connectivity index (χ3v) is 8.40. The summed E-state index contributed by atoms with van der Waals surface area (Å²) in [6.07, 6.45) is -56.6. The molecule has 0 bridgehead atoms. The fraction of sp³-hybridized carbons (Fsp3) is 0.432. The molecule has 0 aliphatic carbocycles. The van der Waals surface area contributed by atoms with E-state index in [-0.39, 0.29) is 66.6 Å². The number of pyridine rings is 1. The zero-order chi connectivity index (χ0) is 68.0. The average molecular weight is 1590 g/mol. The third-order valence-electron chi connectivity index (χ3n) is 7.97. The largest absolute Gasteiger partial charge is 2.00 e. The molecule has 2 rings (SSSR count). The van der Waals surface area contributed by atoms with Crippen LogP contribution in [-0.4, -0.2) is 122 Å². The normalized spacial score (nSPS) is 15.4. The van der Waals surface area contributed by atoms with Gasteiger partial charge in [-0.1, -0.05) is 0 Å². The molecule has 1 radical (unpaired) electrons. The Balaban J connectivity index is -0.000000174. The number of nitrogens with zero attached hydrogens (tertiary/aromatic N) is 3. The summed E-state index contributed by atoms with van der Waals surface area (Å²) in [6, 6.07) is 1.72. The summed E-state index contributed by atoms with van der Waals surface area (Å²) >= 11 is 3.29. The predicted octanol–water partition coefficient (Wildman–Crippen LogP) is 6.15. The number of halogens is 31. The molecule has 0 saturated heterocycles. The fourth-order valence-corrected chi connectivity index (χ4v) is 3.66. The molecule has 1 aliphatic rings. The Hall–Kier alpha value is -5.60. The molecule has 86 heavy (non-hydrogen) atoms. The van der Waals surface area contributed by atoms with Gasteiger partial charge in [0.2, 0.25) is 5.54 Å². The van der Waals surface area contributed by atoms with Crippen molar-refractivity contribution >= 4 is 50.7 Å². The molecule has 0 unspecified atom stereocenters. The minimum Gasteiger partial charge on any atom is -0.869 e. The van der Waals surface area contributed by atoms with E-state index in [1.807, 2.05) is 0 Å². The molecule has 0 aromatic carbocycles. The van der Waals surface area contributed by atoms with Gasteiger partial charge >= 0.3 is 84.7 Å². The van der Waals surface area contributed by atoms with Gasteiger partial charge in [-0.15, -0.1) is 4.74 Å². The number of rotatable bonds is 6. The van der Waals surface area contributed by atoms with Crippen LogP contribution in [0.2, 0.25) is 0 Å². The van der Waals surface area contributed by atoms with E-state index in [0.717, 1.165) is 14.0 Å². The number of allylic oxidation sites excluding steroid dienone is 10. The van der Waals surface area contributed by atoms with Crippen LogP contribution < -0.4 is 25.5 Å². The molecule has 1 aliphatic heterocycles. The second kappa shape index (κ2) is 33.7. The van der Waals surface area contributed by atoms with Crippen LogP contribution in [0.4, 0.5) is 132 Å². The van der Waals surface area contributed by atoms with E-state index in [2.05, 4.69) is 20.9 Å². The van der Waals surface area contributed by atoms with Gasteiger partial charge in [0.25, 0.3) is 34.5 Å². The van der Waals surface area contributed by atoms with E-state index in [0.29, 0.717) is 5.56 Å². The minimum absolute atomic E-state index is 0. The molecule has 0 spiro atoms. The summed E-state index contributed by atoms with van der Waals surface area (Å²) in [5.74, 6) is -28.1.